The Hall–Kier alpha value is -3.02. The van der Waals surface area contributed by atoms with Crippen molar-refractivity contribution in [2.45, 2.75) is 13.8 Å². The van der Waals surface area contributed by atoms with Crippen molar-refractivity contribution in [2.24, 2.45) is 10.7 Å². The molecular weight excluding hydrogens is 304 g/mol. The van der Waals surface area contributed by atoms with Gasteiger partial charge in [0.2, 0.25) is 5.91 Å². The van der Waals surface area contributed by atoms with Gasteiger partial charge in [-0.25, -0.2) is 4.99 Å². The van der Waals surface area contributed by atoms with Crippen LogP contribution in [0.3, 0.4) is 0 Å². The molecule has 0 saturated heterocycles. The predicted molar refractivity (Wildman–Crippen MR) is 97.5 cm³/mol. The van der Waals surface area contributed by atoms with Gasteiger partial charge in [0.1, 0.15) is 12.4 Å². The molecule has 24 heavy (non-hydrogen) atoms. The normalized spacial score (nSPS) is 11.0. The van der Waals surface area contributed by atoms with Gasteiger partial charge in [-0.3, -0.25) is 4.79 Å². The number of nitrogens with zero attached hydrogens (tertiary/aromatic N) is 1. The van der Waals surface area contributed by atoms with Crippen LogP contribution in [0.25, 0.3) is 0 Å². The summed E-state index contributed by atoms with van der Waals surface area (Å²) in [6.45, 7) is 4.29. The first kappa shape index (κ1) is 17.3. The molecule has 6 heteroatoms. The van der Waals surface area contributed by atoms with E-state index in [2.05, 4.69) is 15.6 Å². The number of hydrogen-bond acceptors (Lipinski definition) is 3. The highest BCUT2D eigenvalue weighted by Gasteiger charge is 1.99. The van der Waals surface area contributed by atoms with E-state index in [0.717, 1.165) is 11.3 Å². The zero-order chi connectivity index (χ0) is 17.4. The number of guanidine groups is 1. The summed E-state index contributed by atoms with van der Waals surface area (Å²) < 4.78 is 5.61. The Bertz CT molecular complexity index is 728. The summed E-state index contributed by atoms with van der Waals surface area (Å²) in [4.78, 5) is 15.3. The lowest BCUT2D eigenvalue weighted by molar-refractivity contribution is -0.114. The number of nitrogens with one attached hydrogen (secondary N) is 2. The zero-order valence-electron chi connectivity index (χ0n) is 13.9. The lowest BCUT2D eigenvalue weighted by atomic mass is 10.2. The maximum atomic E-state index is 11.0. The van der Waals surface area contributed by atoms with Gasteiger partial charge < -0.3 is 21.1 Å². The van der Waals surface area contributed by atoms with Crippen LogP contribution in [0.1, 0.15) is 12.5 Å². The molecule has 0 saturated carbocycles. The number of carbonyl (C=O) groups excluding carboxylic acids is 1. The van der Waals surface area contributed by atoms with E-state index < -0.39 is 0 Å². The second-order valence-corrected chi connectivity index (χ2v) is 5.32. The van der Waals surface area contributed by atoms with Crippen molar-refractivity contribution >= 4 is 23.2 Å². The van der Waals surface area contributed by atoms with Crippen molar-refractivity contribution in [1.29, 1.82) is 0 Å². The number of carbonyl (C=O) groups is 1. The van der Waals surface area contributed by atoms with E-state index in [1.54, 1.807) is 12.1 Å². The summed E-state index contributed by atoms with van der Waals surface area (Å²) >= 11 is 0. The number of amides is 1. The van der Waals surface area contributed by atoms with Gasteiger partial charge in [0.25, 0.3) is 0 Å². The largest absolute Gasteiger partial charge is 0.492 e. The highest BCUT2D eigenvalue weighted by Crippen LogP contribution is 2.17. The molecule has 0 heterocycles. The Morgan fingerprint density at radius 1 is 1.12 bits per heavy atom. The monoisotopic (exact) mass is 326 g/mol. The van der Waals surface area contributed by atoms with Crippen molar-refractivity contribution in [1.82, 2.24) is 0 Å². The molecule has 0 bridgehead atoms. The summed E-state index contributed by atoms with van der Waals surface area (Å²) in [6, 6.07) is 15.1. The van der Waals surface area contributed by atoms with Gasteiger partial charge in [-0.15, -0.1) is 0 Å². The van der Waals surface area contributed by atoms with Gasteiger partial charge in [0, 0.05) is 24.4 Å². The third-order valence-corrected chi connectivity index (χ3v) is 3.09. The summed E-state index contributed by atoms with van der Waals surface area (Å²) in [5, 5.41) is 5.75. The fourth-order valence-electron chi connectivity index (χ4n) is 2.11. The number of aliphatic imine (C=N–C) groups is 1. The molecule has 0 aromatic heterocycles. The molecule has 0 aliphatic rings. The minimum Gasteiger partial charge on any atom is -0.492 e. The Kier molecular flexibility index (Phi) is 6.19. The van der Waals surface area contributed by atoms with Crippen LogP contribution < -0.4 is 21.1 Å². The molecule has 2 rings (SSSR count). The molecule has 2 aromatic rings. The first-order chi connectivity index (χ1) is 11.5. The van der Waals surface area contributed by atoms with Gasteiger partial charge in [0.05, 0.1) is 6.54 Å². The Morgan fingerprint density at radius 2 is 1.83 bits per heavy atom. The fourth-order valence-corrected chi connectivity index (χ4v) is 2.11. The third-order valence-electron chi connectivity index (χ3n) is 3.09. The predicted octanol–water partition coefficient (Wildman–Crippen LogP) is 2.76. The molecular formula is C18H22N4O2. The molecule has 1 amide bonds. The minimum atomic E-state index is -0.119. The topological polar surface area (TPSA) is 88.7 Å². The van der Waals surface area contributed by atoms with Crippen molar-refractivity contribution in [3.8, 4) is 5.75 Å². The van der Waals surface area contributed by atoms with E-state index in [-0.39, 0.29) is 5.91 Å². The van der Waals surface area contributed by atoms with Crippen LogP contribution in [0.5, 0.6) is 5.75 Å². The molecule has 126 valence electrons. The maximum absolute atomic E-state index is 11.0. The summed E-state index contributed by atoms with van der Waals surface area (Å²) in [7, 11) is 0. The first-order valence-corrected chi connectivity index (χ1v) is 7.67. The Labute approximate surface area is 141 Å². The van der Waals surface area contributed by atoms with E-state index in [4.69, 9.17) is 10.5 Å². The first-order valence-electron chi connectivity index (χ1n) is 7.67. The summed E-state index contributed by atoms with van der Waals surface area (Å²) in [5.74, 6) is 0.893. The average molecular weight is 326 g/mol. The SMILES string of the molecule is CC(=O)Nc1cccc(OCCN=C(N)Nc2cccc(C)c2)c1. The molecule has 0 fully saturated rings. The molecule has 0 aliphatic heterocycles. The molecule has 0 aliphatic carbocycles. The number of hydrogen-bond donors (Lipinski definition) is 3. The van der Waals surface area contributed by atoms with Crippen LogP contribution in [0.2, 0.25) is 0 Å². The molecule has 4 N–H and O–H groups in total. The van der Waals surface area contributed by atoms with Gasteiger partial charge in [-0.2, -0.15) is 0 Å². The number of benzene rings is 2. The summed E-state index contributed by atoms with van der Waals surface area (Å²) in [5.41, 5.74) is 8.60. The van der Waals surface area contributed by atoms with Crippen molar-refractivity contribution < 1.29 is 9.53 Å². The Balaban J connectivity index is 1.80. The van der Waals surface area contributed by atoms with E-state index in [0.29, 0.717) is 30.5 Å². The number of ether oxygens (including phenoxy) is 1. The second kappa shape index (κ2) is 8.57. The highest BCUT2D eigenvalue weighted by molar-refractivity contribution is 5.92. The van der Waals surface area contributed by atoms with Crippen LogP contribution in [0, 0.1) is 6.92 Å². The van der Waals surface area contributed by atoms with Crippen molar-refractivity contribution in [3.05, 3.63) is 54.1 Å². The lowest BCUT2D eigenvalue weighted by Gasteiger charge is -2.08. The highest BCUT2D eigenvalue weighted by atomic mass is 16.5. The minimum absolute atomic E-state index is 0.119. The quantitative estimate of drug-likeness (QED) is 0.433. The van der Waals surface area contributed by atoms with E-state index >= 15 is 0 Å². The van der Waals surface area contributed by atoms with E-state index in [9.17, 15) is 4.79 Å². The molecule has 0 radical (unpaired) electrons. The smallest absolute Gasteiger partial charge is 0.221 e. The van der Waals surface area contributed by atoms with Gasteiger partial charge in [-0.1, -0.05) is 18.2 Å². The van der Waals surface area contributed by atoms with Crippen LogP contribution in [-0.4, -0.2) is 25.0 Å². The van der Waals surface area contributed by atoms with Crippen LogP contribution in [0.4, 0.5) is 11.4 Å². The zero-order valence-corrected chi connectivity index (χ0v) is 13.9. The molecule has 0 spiro atoms. The third kappa shape index (κ3) is 6.00. The lowest BCUT2D eigenvalue weighted by Crippen LogP contribution is -2.23. The van der Waals surface area contributed by atoms with Crippen LogP contribution in [0.15, 0.2) is 53.5 Å². The number of aryl methyl sites for hydroxylation is 1. The van der Waals surface area contributed by atoms with Gasteiger partial charge >= 0.3 is 0 Å². The number of rotatable bonds is 6. The van der Waals surface area contributed by atoms with E-state index in [1.165, 1.54) is 6.92 Å². The van der Waals surface area contributed by atoms with Gasteiger partial charge in [0.15, 0.2) is 5.96 Å². The van der Waals surface area contributed by atoms with Crippen molar-refractivity contribution in [3.63, 3.8) is 0 Å². The number of nitrogens with two attached hydrogens (primary N) is 1. The maximum Gasteiger partial charge on any atom is 0.221 e. The standard InChI is InChI=1S/C18H22N4O2/c1-13-5-3-6-15(11-13)22-18(19)20-9-10-24-17-8-4-7-16(12-17)21-14(2)23/h3-8,11-12H,9-10H2,1-2H3,(H,21,23)(H3,19,20,22). The van der Waals surface area contributed by atoms with E-state index in [1.807, 2.05) is 43.3 Å². The summed E-state index contributed by atoms with van der Waals surface area (Å²) in [6.07, 6.45) is 0. The molecule has 0 unspecified atom stereocenters. The second-order valence-electron chi connectivity index (χ2n) is 5.32. The molecule has 6 nitrogen and oxygen atoms in total. The van der Waals surface area contributed by atoms with Crippen molar-refractivity contribution in [2.75, 3.05) is 23.8 Å². The fraction of sp³-hybridized carbons (Fsp3) is 0.222. The van der Waals surface area contributed by atoms with Crippen LogP contribution in [-0.2, 0) is 4.79 Å². The van der Waals surface area contributed by atoms with Gasteiger partial charge in [-0.05, 0) is 36.8 Å². The number of anilines is 2. The Morgan fingerprint density at radius 3 is 2.54 bits per heavy atom. The molecule has 0 atom stereocenters. The average Bonchev–Trinajstić information content (AvgIpc) is 2.51. The molecule has 2 aromatic carbocycles. The van der Waals surface area contributed by atoms with Crippen LogP contribution >= 0.6 is 0 Å².